The number of rotatable bonds is 2. The Hall–Kier alpha value is -2.82. The lowest BCUT2D eigenvalue weighted by Gasteiger charge is -2.09. The molecule has 0 radical (unpaired) electrons. The van der Waals surface area contributed by atoms with Crippen molar-refractivity contribution >= 4 is 28.5 Å². The summed E-state index contributed by atoms with van der Waals surface area (Å²) in [5, 5.41) is 7.18. The van der Waals surface area contributed by atoms with Gasteiger partial charge in [-0.05, 0) is 27.2 Å². The molecule has 118 valence electrons. The molecule has 0 bridgehead atoms. The molecule has 1 heterocycles. The van der Waals surface area contributed by atoms with E-state index in [0.29, 0.717) is 0 Å². The molecule has 1 unspecified atom stereocenters. The second-order valence-corrected chi connectivity index (χ2v) is 8.37. The lowest BCUT2D eigenvalue weighted by Crippen LogP contribution is -1.77. The molecule has 0 amide bonds. The number of benzene rings is 4. The summed E-state index contributed by atoms with van der Waals surface area (Å²) < 4.78 is 0. The number of hydrogen-bond acceptors (Lipinski definition) is 0. The van der Waals surface area contributed by atoms with Gasteiger partial charge in [0.05, 0.1) is 0 Å². The van der Waals surface area contributed by atoms with E-state index in [-0.39, 0.29) is 0 Å². The molecule has 5 rings (SSSR count). The van der Waals surface area contributed by atoms with Crippen LogP contribution in [-0.2, 0) is 0 Å². The van der Waals surface area contributed by atoms with E-state index in [4.69, 9.17) is 0 Å². The number of hydrogen-bond donors (Lipinski definition) is 0. The van der Waals surface area contributed by atoms with Gasteiger partial charge < -0.3 is 0 Å². The van der Waals surface area contributed by atoms with Crippen LogP contribution >= 0.6 is 7.53 Å². The average Bonchev–Trinajstić information content (AvgIpc) is 3.04. The Bertz CT molecular complexity index is 1170. The Balaban J connectivity index is 1.99. The first-order valence-corrected chi connectivity index (χ1v) is 9.91. The molecular formula is C24H17P. The van der Waals surface area contributed by atoms with Crippen LogP contribution in [0.25, 0.3) is 37.4 Å². The monoisotopic (exact) mass is 336 g/mol. The fourth-order valence-corrected chi connectivity index (χ4v) is 6.51. The summed E-state index contributed by atoms with van der Waals surface area (Å²) >= 11 is 0. The molecule has 0 saturated carbocycles. The fourth-order valence-electron chi connectivity index (χ4n) is 3.71. The van der Waals surface area contributed by atoms with Crippen molar-refractivity contribution < 1.29 is 0 Å². The van der Waals surface area contributed by atoms with Crippen LogP contribution in [0.1, 0.15) is 0 Å². The van der Waals surface area contributed by atoms with Gasteiger partial charge in [-0.2, -0.15) is 0 Å². The van der Waals surface area contributed by atoms with Gasteiger partial charge in [-0.3, -0.25) is 0 Å². The molecule has 0 aliphatic heterocycles. The zero-order chi connectivity index (χ0) is 16.6. The van der Waals surface area contributed by atoms with Crippen LogP contribution in [0.4, 0.5) is 0 Å². The van der Waals surface area contributed by atoms with Gasteiger partial charge in [0, 0.05) is 10.2 Å². The van der Waals surface area contributed by atoms with Gasteiger partial charge in [-0.1, -0.05) is 111 Å². The van der Waals surface area contributed by atoms with Crippen LogP contribution in [0.2, 0.25) is 0 Å². The first kappa shape index (κ1) is 14.5. The van der Waals surface area contributed by atoms with Crippen molar-refractivity contribution in [2.24, 2.45) is 0 Å². The third kappa shape index (κ3) is 2.30. The summed E-state index contributed by atoms with van der Waals surface area (Å²) in [6, 6.07) is 37.4. The van der Waals surface area contributed by atoms with Crippen molar-refractivity contribution in [3.63, 3.8) is 0 Å². The molecule has 0 saturated heterocycles. The lowest BCUT2D eigenvalue weighted by atomic mass is 10.0. The van der Waals surface area contributed by atoms with Crippen LogP contribution in [0, 0.1) is 0 Å². The topological polar surface area (TPSA) is 0 Å². The second-order valence-electron chi connectivity index (χ2n) is 6.26. The summed E-state index contributed by atoms with van der Waals surface area (Å²) in [5.41, 5.74) is 2.67. The Morgan fingerprint density at radius 3 is 1.92 bits per heavy atom. The van der Waals surface area contributed by atoms with E-state index in [2.05, 4.69) is 103 Å². The third-order valence-electron chi connectivity index (χ3n) is 4.79. The Kier molecular flexibility index (Phi) is 3.44. The van der Waals surface area contributed by atoms with Gasteiger partial charge >= 0.3 is 0 Å². The maximum absolute atomic E-state index is 2.31. The summed E-state index contributed by atoms with van der Waals surface area (Å²) in [6.45, 7) is 0. The molecule has 4 aromatic carbocycles. The minimum absolute atomic E-state index is 0.516. The highest BCUT2D eigenvalue weighted by atomic mass is 31.1. The highest BCUT2D eigenvalue weighted by Gasteiger charge is 2.16. The van der Waals surface area contributed by atoms with Crippen LogP contribution < -0.4 is 0 Å². The molecular weight excluding hydrogens is 319 g/mol. The first-order valence-electron chi connectivity index (χ1n) is 8.56. The quantitative estimate of drug-likeness (QED) is 0.311. The van der Waals surface area contributed by atoms with Crippen molar-refractivity contribution in [1.82, 2.24) is 0 Å². The zero-order valence-electron chi connectivity index (χ0n) is 13.8. The maximum atomic E-state index is 2.31. The maximum Gasteiger partial charge on any atom is 0.0147 e. The normalized spacial score (nSPS) is 11.9. The largest absolute Gasteiger partial charge is 0.0766 e. The minimum atomic E-state index is -0.516. The zero-order valence-corrected chi connectivity index (χ0v) is 14.7. The minimum Gasteiger partial charge on any atom is -0.0766 e. The van der Waals surface area contributed by atoms with E-state index in [1.807, 2.05) is 0 Å². The van der Waals surface area contributed by atoms with Gasteiger partial charge in [0.25, 0.3) is 0 Å². The first-order chi connectivity index (χ1) is 12.4. The highest BCUT2D eigenvalue weighted by molar-refractivity contribution is 7.68. The van der Waals surface area contributed by atoms with Crippen molar-refractivity contribution in [1.29, 1.82) is 0 Å². The average molecular weight is 336 g/mol. The van der Waals surface area contributed by atoms with E-state index in [9.17, 15) is 0 Å². The smallest absolute Gasteiger partial charge is 0.0147 e. The van der Waals surface area contributed by atoms with Crippen LogP contribution in [0.5, 0.6) is 0 Å². The SMILES string of the molecule is c1ccc(-c2cccc3c4ccccc4p(-c4ccccc4)c23)cc1. The molecule has 0 aliphatic rings. The lowest BCUT2D eigenvalue weighted by molar-refractivity contribution is 1.67. The van der Waals surface area contributed by atoms with E-state index < -0.39 is 7.53 Å². The predicted molar refractivity (Wildman–Crippen MR) is 111 cm³/mol. The standard InChI is InChI=1S/C24H17P/c1-3-10-18(11-4-1)20-15-9-16-22-21-14-7-8-17-23(21)25(24(20)22)19-12-5-2-6-13-19/h1-17H. The molecule has 1 atom stereocenters. The van der Waals surface area contributed by atoms with Crippen LogP contribution in [0.15, 0.2) is 103 Å². The van der Waals surface area contributed by atoms with Crippen LogP contribution in [0.3, 0.4) is 0 Å². The molecule has 0 nitrogen and oxygen atoms in total. The van der Waals surface area contributed by atoms with Crippen molar-refractivity contribution in [3.05, 3.63) is 103 Å². The van der Waals surface area contributed by atoms with Gasteiger partial charge in [-0.25, -0.2) is 0 Å². The third-order valence-corrected chi connectivity index (χ3v) is 7.41. The summed E-state index contributed by atoms with van der Waals surface area (Å²) in [4.78, 5) is 0. The molecule has 0 fully saturated rings. The molecule has 1 aromatic heterocycles. The number of fused-ring (bicyclic) bond motifs is 3. The van der Waals surface area contributed by atoms with Gasteiger partial charge in [0.15, 0.2) is 0 Å². The molecule has 0 N–H and O–H groups in total. The molecule has 5 aromatic rings. The van der Waals surface area contributed by atoms with Crippen molar-refractivity contribution in [3.8, 4) is 16.4 Å². The molecule has 1 heteroatoms. The summed E-state index contributed by atoms with van der Waals surface area (Å²) in [6.07, 6.45) is 0. The van der Waals surface area contributed by atoms with E-state index in [1.54, 1.807) is 0 Å². The summed E-state index contributed by atoms with van der Waals surface area (Å²) in [7, 11) is -0.516. The predicted octanol–water partition coefficient (Wildman–Crippen LogP) is 7.64. The Morgan fingerprint density at radius 2 is 1.12 bits per heavy atom. The fraction of sp³-hybridized carbons (Fsp3) is 0. The highest BCUT2D eigenvalue weighted by Crippen LogP contribution is 2.57. The Labute approximate surface area is 148 Å². The molecule has 25 heavy (non-hydrogen) atoms. The Morgan fingerprint density at radius 1 is 0.480 bits per heavy atom. The van der Waals surface area contributed by atoms with E-state index in [0.717, 1.165) is 0 Å². The van der Waals surface area contributed by atoms with Crippen LogP contribution in [-0.4, -0.2) is 0 Å². The second kappa shape index (κ2) is 5.92. The van der Waals surface area contributed by atoms with Crippen molar-refractivity contribution in [2.75, 3.05) is 0 Å². The molecule has 0 aliphatic carbocycles. The molecule has 0 spiro atoms. The van der Waals surface area contributed by atoms with Gasteiger partial charge in [-0.15, -0.1) is 0 Å². The van der Waals surface area contributed by atoms with E-state index in [1.165, 1.54) is 37.4 Å². The van der Waals surface area contributed by atoms with Crippen molar-refractivity contribution in [2.45, 2.75) is 0 Å². The van der Waals surface area contributed by atoms with Gasteiger partial charge in [0.1, 0.15) is 0 Å². The summed E-state index contributed by atoms with van der Waals surface area (Å²) in [5.74, 6) is 0. The van der Waals surface area contributed by atoms with Gasteiger partial charge in [0.2, 0.25) is 0 Å². The van der Waals surface area contributed by atoms with E-state index >= 15 is 0 Å².